The molecule has 1 aliphatic heterocycles. The SMILES string of the molecule is Cc1nn(C)c(C)c1-c1cc(C(=O)c2nc3nc(N4CC5C(N)C5C4)ccc3[nH]2)ccc1C#N. The topological polar surface area (TPSA) is 130 Å². The Labute approximate surface area is 196 Å². The highest BCUT2D eigenvalue weighted by molar-refractivity contribution is 6.08. The van der Waals surface area contributed by atoms with Crippen molar-refractivity contribution in [3.63, 3.8) is 0 Å². The van der Waals surface area contributed by atoms with Gasteiger partial charge >= 0.3 is 0 Å². The van der Waals surface area contributed by atoms with Gasteiger partial charge < -0.3 is 15.6 Å². The molecule has 1 saturated carbocycles. The Kier molecular flexibility index (Phi) is 4.38. The molecular weight excluding hydrogens is 428 g/mol. The van der Waals surface area contributed by atoms with Crippen LogP contribution in [-0.4, -0.2) is 49.6 Å². The summed E-state index contributed by atoms with van der Waals surface area (Å²) in [6.45, 7) is 5.69. The first-order valence-corrected chi connectivity index (χ1v) is 11.3. The van der Waals surface area contributed by atoms with Crippen LogP contribution in [-0.2, 0) is 7.05 Å². The molecule has 6 rings (SSSR count). The molecule has 9 nitrogen and oxygen atoms in total. The van der Waals surface area contributed by atoms with E-state index in [0.717, 1.165) is 35.9 Å². The van der Waals surface area contributed by atoms with Crippen molar-refractivity contribution in [3.05, 3.63) is 58.7 Å². The molecule has 170 valence electrons. The van der Waals surface area contributed by atoms with E-state index in [1.54, 1.807) is 22.9 Å². The van der Waals surface area contributed by atoms with E-state index in [1.165, 1.54) is 0 Å². The number of hydrogen-bond acceptors (Lipinski definition) is 7. The Bertz CT molecular complexity index is 1510. The molecule has 0 radical (unpaired) electrons. The van der Waals surface area contributed by atoms with Crippen LogP contribution < -0.4 is 10.6 Å². The van der Waals surface area contributed by atoms with Gasteiger partial charge in [0.2, 0.25) is 5.78 Å². The summed E-state index contributed by atoms with van der Waals surface area (Å²) < 4.78 is 1.78. The fourth-order valence-corrected chi connectivity index (χ4v) is 5.22. The molecule has 2 aliphatic rings. The average Bonchev–Trinajstić information content (AvgIpc) is 3.24. The second-order valence-corrected chi connectivity index (χ2v) is 9.31. The number of aryl methyl sites for hydroxylation is 2. The Morgan fingerprint density at radius 3 is 2.62 bits per heavy atom. The number of fused-ring (bicyclic) bond motifs is 2. The number of nitrogens with two attached hydrogens (primary N) is 1. The number of carbonyl (C=O) groups is 1. The van der Waals surface area contributed by atoms with Crippen molar-refractivity contribution >= 4 is 22.8 Å². The zero-order chi connectivity index (χ0) is 23.7. The number of hydrogen-bond donors (Lipinski definition) is 2. The maximum atomic E-state index is 13.4. The van der Waals surface area contributed by atoms with Crippen molar-refractivity contribution in [2.24, 2.45) is 24.6 Å². The molecule has 0 amide bonds. The van der Waals surface area contributed by atoms with Gasteiger partial charge in [0, 0.05) is 48.6 Å². The summed E-state index contributed by atoms with van der Waals surface area (Å²) in [4.78, 5) is 27.9. The van der Waals surface area contributed by atoms with E-state index in [4.69, 9.17) is 5.73 Å². The number of anilines is 1. The van der Waals surface area contributed by atoms with Crippen LogP contribution in [0.25, 0.3) is 22.3 Å². The maximum absolute atomic E-state index is 13.4. The monoisotopic (exact) mass is 452 g/mol. The van der Waals surface area contributed by atoms with E-state index in [1.807, 2.05) is 33.0 Å². The fourth-order valence-electron chi connectivity index (χ4n) is 5.22. The van der Waals surface area contributed by atoms with E-state index in [9.17, 15) is 10.1 Å². The second kappa shape index (κ2) is 7.23. The lowest BCUT2D eigenvalue weighted by molar-refractivity contribution is 0.103. The van der Waals surface area contributed by atoms with Gasteiger partial charge in [0.15, 0.2) is 11.5 Å². The molecule has 2 atom stereocenters. The molecule has 3 aromatic heterocycles. The van der Waals surface area contributed by atoms with Gasteiger partial charge in [0.1, 0.15) is 5.82 Å². The van der Waals surface area contributed by atoms with Gasteiger partial charge in [-0.05, 0) is 56.0 Å². The summed E-state index contributed by atoms with van der Waals surface area (Å²) in [5.41, 5.74) is 11.5. The standard InChI is InChI=1S/C25H24N8O/c1-12-21(13(2)32(3)31-12)16-8-14(4-5-15(16)9-26)23(34)25-28-19-6-7-20(29-24(19)30-25)33-10-17-18(11-33)22(17)27/h4-8,17-18,22H,10-11,27H2,1-3H3,(H,28,29,30). The quantitative estimate of drug-likeness (QED) is 0.455. The van der Waals surface area contributed by atoms with Crippen molar-refractivity contribution in [1.82, 2.24) is 24.7 Å². The summed E-state index contributed by atoms with van der Waals surface area (Å²) in [5, 5.41) is 14.1. The van der Waals surface area contributed by atoms with Gasteiger partial charge in [-0.15, -0.1) is 0 Å². The maximum Gasteiger partial charge on any atom is 0.228 e. The third-order valence-corrected chi connectivity index (χ3v) is 7.31. The smallest absolute Gasteiger partial charge is 0.228 e. The number of aromatic nitrogens is 5. The molecule has 2 unspecified atom stereocenters. The molecule has 1 aliphatic carbocycles. The molecule has 34 heavy (non-hydrogen) atoms. The van der Waals surface area contributed by atoms with E-state index in [0.29, 0.717) is 45.7 Å². The van der Waals surface area contributed by atoms with Crippen LogP contribution in [0.3, 0.4) is 0 Å². The van der Waals surface area contributed by atoms with E-state index >= 15 is 0 Å². The summed E-state index contributed by atoms with van der Waals surface area (Å²) >= 11 is 0. The summed E-state index contributed by atoms with van der Waals surface area (Å²) in [6.07, 6.45) is 0. The highest BCUT2D eigenvalue weighted by atomic mass is 16.1. The first kappa shape index (κ1) is 20.6. The number of pyridine rings is 1. The van der Waals surface area contributed by atoms with Gasteiger partial charge in [0.25, 0.3) is 0 Å². The first-order valence-electron chi connectivity index (χ1n) is 11.3. The molecule has 4 heterocycles. The molecule has 1 aromatic carbocycles. The van der Waals surface area contributed by atoms with Gasteiger partial charge in [-0.1, -0.05) is 0 Å². The highest BCUT2D eigenvalue weighted by Gasteiger charge is 2.53. The summed E-state index contributed by atoms with van der Waals surface area (Å²) in [7, 11) is 1.86. The largest absolute Gasteiger partial charge is 0.356 e. The van der Waals surface area contributed by atoms with E-state index in [2.05, 4.69) is 31.0 Å². The van der Waals surface area contributed by atoms with Gasteiger partial charge in [-0.2, -0.15) is 10.4 Å². The lowest BCUT2D eigenvalue weighted by Crippen LogP contribution is -2.28. The molecule has 1 saturated heterocycles. The number of ketones is 1. The van der Waals surface area contributed by atoms with Crippen LogP contribution >= 0.6 is 0 Å². The molecule has 0 spiro atoms. The molecule has 9 heteroatoms. The zero-order valence-electron chi connectivity index (χ0n) is 19.2. The number of rotatable bonds is 4. The summed E-state index contributed by atoms with van der Waals surface area (Å²) in [6, 6.07) is 11.5. The number of nitrogens with one attached hydrogen (secondary N) is 1. The zero-order valence-corrected chi connectivity index (χ0v) is 19.2. The average molecular weight is 453 g/mol. The lowest BCUT2D eigenvalue weighted by Gasteiger charge is -2.19. The second-order valence-electron chi connectivity index (χ2n) is 9.31. The van der Waals surface area contributed by atoms with E-state index in [-0.39, 0.29) is 11.6 Å². The highest BCUT2D eigenvalue weighted by Crippen LogP contribution is 2.45. The van der Waals surface area contributed by atoms with Crippen LogP contribution in [0.4, 0.5) is 5.82 Å². The van der Waals surface area contributed by atoms with Crippen LogP contribution in [0.1, 0.15) is 33.1 Å². The van der Waals surface area contributed by atoms with Crippen LogP contribution in [0.5, 0.6) is 0 Å². The molecule has 0 bridgehead atoms. The molecule has 2 fully saturated rings. The lowest BCUT2D eigenvalue weighted by atomic mass is 9.95. The van der Waals surface area contributed by atoms with Crippen LogP contribution in [0.15, 0.2) is 30.3 Å². The van der Waals surface area contributed by atoms with Gasteiger partial charge in [-0.3, -0.25) is 9.48 Å². The fraction of sp³-hybridized carbons (Fsp3) is 0.320. The number of aromatic amines is 1. The molecule has 4 aromatic rings. The van der Waals surface area contributed by atoms with Crippen LogP contribution in [0, 0.1) is 37.0 Å². The summed E-state index contributed by atoms with van der Waals surface area (Å²) in [5.74, 6) is 1.96. The number of H-pyrrole nitrogens is 1. The van der Waals surface area contributed by atoms with Crippen molar-refractivity contribution < 1.29 is 4.79 Å². The molecule has 3 N–H and O–H groups in total. The number of piperidine rings is 1. The third kappa shape index (κ3) is 3.03. The minimum absolute atomic E-state index is 0.223. The van der Waals surface area contributed by atoms with Crippen molar-refractivity contribution in [2.45, 2.75) is 19.9 Å². The number of benzene rings is 1. The predicted octanol–water partition coefficient (Wildman–Crippen LogP) is 2.47. The first-order chi connectivity index (χ1) is 16.4. The normalized spacial score (nSPS) is 21.0. The van der Waals surface area contributed by atoms with Gasteiger partial charge in [0.05, 0.1) is 22.8 Å². The predicted molar refractivity (Wildman–Crippen MR) is 127 cm³/mol. The van der Waals surface area contributed by atoms with Crippen molar-refractivity contribution in [3.8, 4) is 17.2 Å². The Morgan fingerprint density at radius 2 is 1.94 bits per heavy atom. The van der Waals surface area contributed by atoms with Crippen molar-refractivity contribution in [2.75, 3.05) is 18.0 Å². The Hall–Kier alpha value is -4.03. The molecular formula is C25H24N8O. The minimum atomic E-state index is -0.252. The van der Waals surface area contributed by atoms with Gasteiger partial charge in [-0.25, -0.2) is 9.97 Å². The number of nitriles is 1. The minimum Gasteiger partial charge on any atom is -0.356 e. The third-order valence-electron chi connectivity index (χ3n) is 7.31. The number of carbonyl (C=O) groups excluding carboxylic acids is 1. The number of nitrogens with zero attached hydrogens (tertiary/aromatic N) is 6. The number of imidazole rings is 1. The van der Waals surface area contributed by atoms with Crippen molar-refractivity contribution in [1.29, 1.82) is 5.26 Å². The Balaban J connectivity index is 1.34. The van der Waals surface area contributed by atoms with Crippen LogP contribution in [0.2, 0.25) is 0 Å². The Morgan fingerprint density at radius 1 is 1.18 bits per heavy atom. The van der Waals surface area contributed by atoms with E-state index < -0.39 is 0 Å².